The maximum absolute atomic E-state index is 13.9. The Morgan fingerprint density at radius 1 is 0.824 bits per heavy atom. The maximum Gasteiger partial charge on any atom is 0.415 e. The maximum atomic E-state index is 13.9. The molecular formula is C28H26N2O4. The van der Waals surface area contributed by atoms with Gasteiger partial charge in [0.1, 0.15) is 17.1 Å². The Balaban J connectivity index is 1.24. The molecule has 6 nitrogen and oxygen atoms in total. The van der Waals surface area contributed by atoms with Crippen molar-refractivity contribution < 1.29 is 19.1 Å². The Hall–Kier alpha value is -3.80. The molecule has 2 saturated heterocycles. The number of anilines is 1. The number of para-hydroxylation sites is 3. The minimum atomic E-state index is -0.562. The molecule has 6 heteroatoms. The summed E-state index contributed by atoms with van der Waals surface area (Å²) < 4.78 is 12.0. The minimum Gasteiger partial charge on any atom is -0.457 e. The second-order valence-corrected chi connectivity index (χ2v) is 9.26. The lowest BCUT2D eigenvalue weighted by Crippen LogP contribution is -2.39. The zero-order valence-electron chi connectivity index (χ0n) is 18.9. The molecule has 1 spiro atoms. The molecule has 3 aromatic rings. The van der Waals surface area contributed by atoms with Crippen LogP contribution in [0.15, 0.2) is 78.9 Å². The third kappa shape index (κ3) is 3.50. The molecule has 0 unspecified atom stereocenters. The number of nitrogens with zero attached hydrogens (tertiary/aromatic N) is 2. The topological polar surface area (TPSA) is 59.1 Å². The lowest BCUT2D eigenvalue weighted by Gasteiger charge is -2.32. The molecule has 172 valence electrons. The first-order chi connectivity index (χ1) is 16.6. The normalized spacial score (nSPS) is 21.9. The molecule has 1 atom stereocenters. The average molecular weight is 455 g/mol. The molecule has 0 saturated carbocycles. The molecule has 3 aromatic carbocycles. The van der Waals surface area contributed by atoms with Crippen molar-refractivity contribution in [2.24, 2.45) is 0 Å². The molecule has 3 aliphatic rings. The highest BCUT2D eigenvalue weighted by Crippen LogP contribution is 2.45. The second-order valence-electron chi connectivity index (χ2n) is 9.26. The number of rotatable bonds is 2. The van der Waals surface area contributed by atoms with Crippen LogP contribution in [-0.2, 0) is 9.53 Å². The quantitative estimate of drug-likeness (QED) is 0.525. The molecule has 0 aromatic heterocycles. The van der Waals surface area contributed by atoms with E-state index in [1.165, 1.54) is 0 Å². The van der Waals surface area contributed by atoms with E-state index in [9.17, 15) is 9.59 Å². The molecule has 2 fully saturated rings. The number of ether oxygens (including phenoxy) is 2. The van der Waals surface area contributed by atoms with E-state index in [-0.39, 0.29) is 12.0 Å². The Morgan fingerprint density at radius 3 is 2.18 bits per heavy atom. The smallest absolute Gasteiger partial charge is 0.415 e. The van der Waals surface area contributed by atoms with Gasteiger partial charge in [-0.3, -0.25) is 9.69 Å². The van der Waals surface area contributed by atoms with Crippen LogP contribution in [0, 0.1) is 0 Å². The van der Waals surface area contributed by atoms with Crippen LogP contribution < -0.4 is 9.64 Å². The molecule has 3 heterocycles. The first-order valence-electron chi connectivity index (χ1n) is 11.8. The fourth-order valence-corrected chi connectivity index (χ4v) is 5.44. The van der Waals surface area contributed by atoms with Gasteiger partial charge in [-0.05, 0) is 37.1 Å². The van der Waals surface area contributed by atoms with Crippen molar-refractivity contribution >= 4 is 17.7 Å². The van der Waals surface area contributed by atoms with E-state index in [1.807, 2.05) is 83.8 Å². The van der Waals surface area contributed by atoms with E-state index in [1.54, 1.807) is 4.90 Å². The van der Waals surface area contributed by atoms with Crippen molar-refractivity contribution in [3.05, 3.63) is 90.0 Å². The van der Waals surface area contributed by atoms with E-state index >= 15 is 0 Å². The summed E-state index contributed by atoms with van der Waals surface area (Å²) >= 11 is 0. The van der Waals surface area contributed by atoms with Gasteiger partial charge >= 0.3 is 6.09 Å². The number of carbonyl (C=O) groups excluding carboxylic acids is 2. The van der Waals surface area contributed by atoms with Gasteiger partial charge in [0.15, 0.2) is 0 Å². The third-order valence-corrected chi connectivity index (χ3v) is 7.17. The second kappa shape index (κ2) is 8.20. The first-order valence-corrected chi connectivity index (χ1v) is 11.8. The van der Waals surface area contributed by atoms with Crippen LogP contribution >= 0.6 is 0 Å². The van der Waals surface area contributed by atoms with Gasteiger partial charge in [0, 0.05) is 36.3 Å². The number of hydrogen-bond acceptors (Lipinski definition) is 4. The van der Waals surface area contributed by atoms with Crippen LogP contribution in [0.2, 0.25) is 0 Å². The number of amides is 2. The minimum absolute atomic E-state index is 0.0736. The van der Waals surface area contributed by atoms with E-state index in [0.29, 0.717) is 26.1 Å². The van der Waals surface area contributed by atoms with Crippen molar-refractivity contribution in [3.63, 3.8) is 0 Å². The molecule has 0 N–H and O–H groups in total. The van der Waals surface area contributed by atoms with Crippen LogP contribution in [0.3, 0.4) is 0 Å². The molecule has 6 rings (SSSR count). The molecule has 34 heavy (non-hydrogen) atoms. The highest BCUT2D eigenvalue weighted by Gasteiger charge is 2.47. The largest absolute Gasteiger partial charge is 0.457 e. The highest BCUT2D eigenvalue weighted by atomic mass is 16.6. The molecular weight excluding hydrogens is 428 g/mol. The van der Waals surface area contributed by atoms with Crippen LogP contribution in [0.5, 0.6) is 11.5 Å². The zero-order valence-corrected chi connectivity index (χ0v) is 18.9. The predicted octanol–water partition coefficient (Wildman–Crippen LogP) is 5.33. The lowest BCUT2D eigenvalue weighted by atomic mass is 9.86. The van der Waals surface area contributed by atoms with Crippen LogP contribution in [0.4, 0.5) is 10.5 Å². The Bertz CT molecular complexity index is 1200. The number of fused-ring (bicyclic) bond motifs is 2. The van der Waals surface area contributed by atoms with Crippen molar-refractivity contribution in [2.75, 3.05) is 24.5 Å². The van der Waals surface area contributed by atoms with Gasteiger partial charge in [-0.15, -0.1) is 0 Å². The Labute approximate surface area is 198 Å². The van der Waals surface area contributed by atoms with Crippen LogP contribution in [0.1, 0.15) is 36.3 Å². The summed E-state index contributed by atoms with van der Waals surface area (Å²) in [4.78, 5) is 30.3. The van der Waals surface area contributed by atoms with Gasteiger partial charge in [-0.2, -0.15) is 0 Å². The van der Waals surface area contributed by atoms with Gasteiger partial charge in [0.05, 0.1) is 12.5 Å². The number of benzene rings is 3. The predicted molar refractivity (Wildman–Crippen MR) is 128 cm³/mol. The van der Waals surface area contributed by atoms with Crippen LogP contribution in [0.25, 0.3) is 0 Å². The zero-order chi connectivity index (χ0) is 23.1. The SMILES string of the molecule is O=C(C1c2ccccc2Oc2ccccc21)N1CCC[C@@]2(CC1)CN(c1ccccc1)C(=O)O2. The third-order valence-electron chi connectivity index (χ3n) is 7.17. The summed E-state index contributed by atoms with van der Waals surface area (Å²) in [6.45, 7) is 1.71. The molecule has 2 amide bonds. The summed E-state index contributed by atoms with van der Waals surface area (Å²) in [7, 11) is 0. The Morgan fingerprint density at radius 2 is 1.47 bits per heavy atom. The fraction of sp³-hybridized carbons (Fsp3) is 0.286. The standard InChI is InChI=1S/C28H26N2O4/c31-26(25-21-11-4-6-13-23(21)33-24-14-7-5-12-22(24)25)29-17-8-15-28(16-18-29)19-30(27(32)34-28)20-9-2-1-3-10-20/h1-7,9-14,25H,8,15-19H2/t28-/m1/s1. The van der Waals surface area contributed by atoms with Crippen molar-refractivity contribution in [2.45, 2.75) is 30.8 Å². The van der Waals surface area contributed by atoms with Crippen molar-refractivity contribution in [1.82, 2.24) is 4.90 Å². The van der Waals surface area contributed by atoms with Crippen LogP contribution in [-0.4, -0.2) is 42.1 Å². The number of carbonyl (C=O) groups is 2. The molecule has 0 bridgehead atoms. The molecule has 0 radical (unpaired) electrons. The Kier molecular flexibility index (Phi) is 5.01. The summed E-state index contributed by atoms with van der Waals surface area (Å²) in [5.41, 5.74) is 2.07. The van der Waals surface area contributed by atoms with Crippen molar-refractivity contribution in [1.29, 1.82) is 0 Å². The van der Waals surface area contributed by atoms with Gasteiger partial charge in [0.25, 0.3) is 0 Å². The van der Waals surface area contributed by atoms with E-state index in [0.717, 1.165) is 41.2 Å². The van der Waals surface area contributed by atoms with E-state index < -0.39 is 11.5 Å². The molecule has 0 aliphatic carbocycles. The fourth-order valence-electron chi connectivity index (χ4n) is 5.44. The van der Waals surface area contributed by atoms with E-state index in [2.05, 4.69) is 0 Å². The monoisotopic (exact) mass is 454 g/mol. The van der Waals surface area contributed by atoms with E-state index in [4.69, 9.17) is 9.47 Å². The first kappa shape index (κ1) is 20.8. The lowest BCUT2D eigenvalue weighted by molar-refractivity contribution is -0.132. The van der Waals surface area contributed by atoms with Gasteiger partial charge in [0.2, 0.25) is 5.91 Å². The number of hydrogen-bond donors (Lipinski definition) is 0. The summed E-state index contributed by atoms with van der Waals surface area (Å²) in [6.07, 6.45) is 1.85. The van der Waals surface area contributed by atoms with Gasteiger partial charge in [-0.1, -0.05) is 54.6 Å². The summed E-state index contributed by atoms with van der Waals surface area (Å²) in [5.74, 6) is 1.13. The van der Waals surface area contributed by atoms with Gasteiger partial charge < -0.3 is 14.4 Å². The average Bonchev–Trinajstić information content (AvgIpc) is 3.06. The molecule has 3 aliphatic heterocycles. The summed E-state index contributed by atoms with van der Waals surface area (Å²) in [6, 6.07) is 25.2. The van der Waals surface area contributed by atoms with Gasteiger partial charge in [-0.25, -0.2) is 4.79 Å². The van der Waals surface area contributed by atoms with Crippen molar-refractivity contribution in [3.8, 4) is 11.5 Å². The number of likely N-dealkylation sites (tertiary alicyclic amines) is 1. The highest BCUT2D eigenvalue weighted by molar-refractivity contribution is 5.91. The summed E-state index contributed by atoms with van der Waals surface area (Å²) in [5, 5.41) is 0.